The molecule has 0 fully saturated rings. The summed E-state index contributed by atoms with van der Waals surface area (Å²) in [5.41, 5.74) is -0.953. The Morgan fingerprint density at radius 3 is 1.77 bits per heavy atom. The van der Waals surface area contributed by atoms with Gasteiger partial charge in [-0.1, -0.05) is 31.2 Å². The largest absolute Gasteiger partial charge is 0.450 e. The Kier molecular flexibility index (Phi) is 7.21. The average Bonchev–Trinajstić information content (AvgIpc) is 2.72. The van der Waals surface area contributed by atoms with Gasteiger partial charge in [0.25, 0.3) is 0 Å². The van der Waals surface area contributed by atoms with Gasteiger partial charge in [-0.15, -0.1) is 0 Å². The Balaban J connectivity index is 2.57. The molecule has 35 heavy (non-hydrogen) atoms. The van der Waals surface area contributed by atoms with Crippen molar-refractivity contribution in [1.29, 1.82) is 0 Å². The molecule has 0 aliphatic carbocycles. The SMILES string of the molecule is CCC(C)(C)C(=O)Oc1cccc2c(OS(=O)(=O)C(F)(F)C(F)(F)C(F)(F)S(=O)(=O)O)cccc12. The highest BCUT2D eigenvalue weighted by molar-refractivity contribution is 7.88. The zero-order valence-corrected chi connectivity index (χ0v) is 19.7. The van der Waals surface area contributed by atoms with Crippen LogP contribution in [0.1, 0.15) is 27.2 Å². The van der Waals surface area contributed by atoms with Crippen molar-refractivity contribution in [1.82, 2.24) is 0 Å². The molecular weight excluding hydrogens is 534 g/mol. The molecule has 0 atom stereocenters. The lowest BCUT2D eigenvalue weighted by atomic mass is 9.90. The first-order valence-electron chi connectivity index (χ1n) is 9.42. The Morgan fingerprint density at radius 1 is 0.857 bits per heavy atom. The number of benzene rings is 2. The second-order valence-electron chi connectivity index (χ2n) is 7.85. The molecule has 0 amide bonds. The van der Waals surface area contributed by atoms with Gasteiger partial charge in [-0.3, -0.25) is 9.35 Å². The quantitative estimate of drug-likeness (QED) is 0.157. The van der Waals surface area contributed by atoms with Crippen molar-refractivity contribution >= 4 is 37.0 Å². The van der Waals surface area contributed by atoms with Gasteiger partial charge >= 0.3 is 42.6 Å². The predicted octanol–water partition coefficient (Wildman–Crippen LogP) is 4.60. The number of hydrogen-bond donors (Lipinski definition) is 1. The normalized spacial score (nSPS) is 14.1. The van der Waals surface area contributed by atoms with Crippen LogP contribution >= 0.6 is 0 Å². The number of ether oxygens (including phenoxy) is 1. The van der Waals surface area contributed by atoms with E-state index in [1.165, 1.54) is 18.2 Å². The summed E-state index contributed by atoms with van der Waals surface area (Å²) in [7, 11) is -14.2. The maximum Gasteiger partial charge on any atom is 0.450 e. The molecule has 0 aliphatic rings. The molecule has 0 saturated heterocycles. The minimum atomic E-state index is -7.17. The first kappa shape index (κ1) is 28.6. The number of esters is 1. The second kappa shape index (κ2) is 8.81. The highest BCUT2D eigenvalue weighted by atomic mass is 32.2. The van der Waals surface area contributed by atoms with Crippen LogP contribution in [0.25, 0.3) is 10.8 Å². The van der Waals surface area contributed by atoms with Gasteiger partial charge in [0.15, 0.2) is 5.75 Å². The summed E-state index contributed by atoms with van der Waals surface area (Å²) in [6.07, 6.45) is 0.362. The summed E-state index contributed by atoms with van der Waals surface area (Å²) >= 11 is 0. The monoisotopic (exact) mass is 552 g/mol. The lowest BCUT2D eigenvalue weighted by Gasteiger charge is -2.29. The van der Waals surface area contributed by atoms with E-state index in [1.807, 2.05) is 0 Å². The fraction of sp³-hybridized carbons (Fsp3) is 0.421. The third kappa shape index (κ3) is 4.78. The summed E-state index contributed by atoms with van der Waals surface area (Å²) in [5.74, 6) is -9.11. The molecule has 0 bridgehead atoms. The molecule has 16 heteroatoms. The Bertz CT molecular complexity index is 1350. The van der Waals surface area contributed by atoms with E-state index in [4.69, 9.17) is 9.29 Å². The van der Waals surface area contributed by atoms with E-state index in [-0.39, 0.29) is 16.5 Å². The molecule has 0 radical (unpaired) electrons. The zero-order chi connectivity index (χ0) is 27.3. The first-order chi connectivity index (χ1) is 15.6. The molecule has 2 aromatic rings. The Hall–Kier alpha value is -2.59. The average molecular weight is 552 g/mol. The number of carbonyl (C=O) groups excluding carboxylic acids is 1. The van der Waals surface area contributed by atoms with Crippen molar-refractivity contribution in [2.75, 3.05) is 0 Å². The van der Waals surface area contributed by atoms with Gasteiger partial charge in [-0.25, -0.2) is 0 Å². The van der Waals surface area contributed by atoms with E-state index in [2.05, 4.69) is 4.18 Å². The summed E-state index contributed by atoms with van der Waals surface area (Å²) in [6, 6.07) is 6.42. The smallest absolute Gasteiger partial charge is 0.425 e. The zero-order valence-electron chi connectivity index (χ0n) is 18.1. The van der Waals surface area contributed by atoms with Gasteiger partial charge in [0.2, 0.25) is 0 Å². The van der Waals surface area contributed by atoms with E-state index < -0.39 is 53.8 Å². The Morgan fingerprint density at radius 2 is 1.31 bits per heavy atom. The number of rotatable bonds is 9. The highest BCUT2D eigenvalue weighted by Gasteiger charge is 2.83. The van der Waals surface area contributed by atoms with Crippen LogP contribution < -0.4 is 8.92 Å². The molecule has 2 rings (SSSR count). The topological polar surface area (TPSA) is 124 Å². The number of alkyl halides is 6. The summed E-state index contributed by atoms with van der Waals surface area (Å²) in [6.45, 7) is 4.82. The van der Waals surface area contributed by atoms with Gasteiger partial charge in [-0.2, -0.15) is 43.2 Å². The molecule has 0 heterocycles. The van der Waals surface area contributed by atoms with E-state index in [9.17, 15) is 48.0 Å². The molecule has 0 saturated carbocycles. The van der Waals surface area contributed by atoms with Gasteiger partial charge in [0.05, 0.1) is 5.41 Å². The van der Waals surface area contributed by atoms with Gasteiger partial charge in [0.1, 0.15) is 5.75 Å². The van der Waals surface area contributed by atoms with Crippen LogP contribution in [0.3, 0.4) is 0 Å². The van der Waals surface area contributed by atoms with Crippen molar-refractivity contribution in [2.24, 2.45) is 5.41 Å². The van der Waals surface area contributed by atoms with Crippen molar-refractivity contribution in [3.63, 3.8) is 0 Å². The van der Waals surface area contributed by atoms with E-state index in [0.717, 1.165) is 12.1 Å². The lowest BCUT2D eigenvalue weighted by molar-refractivity contribution is -0.247. The van der Waals surface area contributed by atoms with Crippen LogP contribution in [0.5, 0.6) is 11.5 Å². The van der Waals surface area contributed by atoms with Crippen molar-refractivity contribution in [3.8, 4) is 11.5 Å². The summed E-state index contributed by atoms with van der Waals surface area (Å²) in [5, 5.41) is -14.2. The minimum absolute atomic E-state index is 0.0983. The van der Waals surface area contributed by atoms with Crippen LogP contribution in [0, 0.1) is 5.41 Å². The maximum atomic E-state index is 14.1. The van der Waals surface area contributed by atoms with Gasteiger partial charge in [-0.05, 0) is 32.4 Å². The predicted molar refractivity (Wildman–Crippen MR) is 110 cm³/mol. The second-order valence-corrected chi connectivity index (χ2v) is 10.9. The standard InChI is InChI=1S/C19H18F6O8S2/c1-4-16(2,3)15(26)32-13-9-5-8-12-11(13)7-6-10-14(12)33-35(30,31)19(24,25)17(20,21)18(22,23)34(27,28)29/h5-10H,4H2,1-3H3,(H,27,28,29). The molecule has 0 unspecified atom stereocenters. The van der Waals surface area contributed by atoms with Crippen LogP contribution in [0.15, 0.2) is 36.4 Å². The molecule has 196 valence electrons. The van der Waals surface area contributed by atoms with Crippen LogP contribution in [-0.2, 0) is 25.0 Å². The van der Waals surface area contributed by atoms with E-state index in [0.29, 0.717) is 12.5 Å². The summed E-state index contributed by atoms with van der Waals surface area (Å²) in [4.78, 5) is 12.4. The molecule has 0 aromatic heterocycles. The van der Waals surface area contributed by atoms with Crippen molar-refractivity contribution in [3.05, 3.63) is 36.4 Å². The fourth-order valence-corrected chi connectivity index (χ4v) is 3.90. The van der Waals surface area contributed by atoms with Crippen LogP contribution in [-0.4, -0.2) is 43.8 Å². The summed E-state index contributed by atoms with van der Waals surface area (Å²) < 4.78 is 145. The molecule has 0 spiro atoms. The third-order valence-electron chi connectivity index (χ3n) is 5.05. The molecule has 0 aliphatic heterocycles. The molecular formula is C19H18F6O8S2. The third-order valence-corrected chi connectivity index (χ3v) is 7.24. The van der Waals surface area contributed by atoms with E-state index in [1.54, 1.807) is 20.8 Å². The van der Waals surface area contributed by atoms with E-state index >= 15 is 0 Å². The Labute approximate surface area is 195 Å². The number of halogens is 6. The molecule has 2 aromatic carbocycles. The minimum Gasteiger partial charge on any atom is -0.425 e. The maximum absolute atomic E-state index is 14.1. The van der Waals surface area contributed by atoms with Gasteiger partial charge < -0.3 is 8.92 Å². The lowest BCUT2D eigenvalue weighted by Crippen LogP contribution is -2.61. The number of hydrogen-bond acceptors (Lipinski definition) is 7. The number of carbonyl (C=O) groups is 1. The molecule has 8 nitrogen and oxygen atoms in total. The van der Waals surface area contributed by atoms with Crippen molar-refractivity contribution in [2.45, 2.75) is 43.6 Å². The van der Waals surface area contributed by atoms with Crippen LogP contribution in [0.2, 0.25) is 0 Å². The first-order valence-corrected chi connectivity index (χ1v) is 12.3. The van der Waals surface area contributed by atoms with Crippen molar-refractivity contribution < 1.29 is 61.4 Å². The highest BCUT2D eigenvalue weighted by Crippen LogP contribution is 2.51. The molecule has 1 N–H and O–H groups in total. The van der Waals surface area contributed by atoms with Gasteiger partial charge in [0, 0.05) is 10.8 Å². The van der Waals surface area contributed by atoms with Crippen LogP contribution in [0.4, 0.5) is 26.3 Å². The fourth-order valence-electron chi connectivity index (χ4n) is 2.46. The number of fused-ring (bicyclic) bond motifs is 1.